The molecule has 0 spiro atoms. The average Bonchev–Trinajstić information content (AvgIpc) is 1.80. The van der Waals surface area contributed by atoms with Crippen LogP contribution in [0.4, 0.5) is 17.2 Å². The van der Waals surface area contributed by atoms with E-state index in [-0.39, 0.29) is 72.4 Å². The lowest BCUT2D eigenvalue weighted by atomic mass is 9.75. The van der Waals surface area contributed by atoms with Crippen molar-refractivity contribution >= 4 is 83.7 Å². The van der Waals surface area contributed by atoms with Crippen molar-refractivity contribution in [3.8, 4) is 17.6 Å². The number of hydrogen-bond acceptors (Lipinski definition) is 18. The first-order valence-corrected chi connectivity index (χ1v) is 34.4. The zero-order valence-electron chi connectivity index (χ0n) is 48.2. The molecule has 3 aromatic rings. The number of hydrogen-bond donors (Lipinski definition) is 9. The number of ether oxygens (including phenoxy) is 2. The second-order valence-electron chi connectivity index (χ2n) is 22.5. The SMILES string of the molecule is CCN1c2cc3c(cc2C(C)=CC1(C)C)C(=CC=CC=CC1=[N+](CCCS(=O)(=O)O)c2ccc(S(=O)(=O)O)cc2C1(C)CCCC(=O)NCC#Cc1cn([C@H]2C[C@H](O)[C@@H](COP(=O)(O)OP(=O)(O)OP(=O)(O)O)O2)c(=O)nc1N)C=C(C(C)(C)C)O3. The minimum absolute atomic E-state index is 0.0197. The molecule has 0 saturated carbocycles. The van der Waals surface area contributed by atoms with Gasteiger partial charge in [0.2, 0.25) is 11.6 Å². The number of carbonyl (C=O) groups is 1. The molecule has 0 aliphatic carbocycles. The fourth-order valence-corrected chi connectivity index (χ4v) is 14.6. The smallest absolute Gasteiger partial charge is 0.460 e. The van der Waals surface area contributed by atoms with Crippen LogP contribution in [-0.2, 0) is 62.0 Å². The van der Waals surface area contributed by atoms with Crippen LogP contribution in [0.25, 0.3) is 11.1 Å². The number of nitrogen functional groups attached to an aromatic ring is 1. The van der Waals surface area contributed by atoms with E-state index in [4.69, 9.17) is 25.0 Å². The normalized spacial score (nSPS) is 22.3. The third kappa shape index (κ3) is 16.7. The molecule has 2 aromatic carbocycles. The minimum atomic E-state index is -5.83. The molecule has 27 nitrogen and oxygen atoms in total. The van der Waals surface area contributed by atoms with E-state index in [1.807, 2.05) is 41.9 Å². The highest BCUT2D eigenvalue weighted by Crippen LogP contribution is 2.66. The molecule has 6 atom stereocenters. The summed E-state index contributed by atoms with van der Waals surface area (Å²) in [6.07, 6.45) is 10.4. The summed E-state index contributed by atoms with van der Waals surface area (Å²) in [5, 5.41) is 13.3. The third-order valence-electron chi connectivity index (χ3n) is 14.5. The van der Waals surface area contributed by atoms with E-state index in [9.17, 15) is 64.1 Å². The highest BCUT2D eigenvalue weighted by molar-refractivity contribution is 7.86. The lowest BCUT2D eigenvalue weighted by molar-refractivity contribution is -0.437. The first kappa shape index (κ1) is 67.8. The van der Waals surface area contributed by atoms with Crippen LogP contribution >= 0.6 is 23.5 Å². The van der Waals surface area contributed by atoms with Gasteiger partial charge in [0.05, 0.1) is 46.4 Å². The van der Waals surface area contributed by atoms with Gasteiger partial charge in [-0.1, -0.05) is 63.0 Å². The molecule has 10 N–H and O–H groups in total. The molecule has 0 radical (unpaired) electrons. The molecule has 1 fully saturated rings. The molecule has 1 aromatic heterocycles. The monoisotopic (exact) mass is 1300 g/mol. The van der Waals surface area contributed by atoms with E-state index in [0.717, 1.165) is 56.8 Å². The Kier molecular flexibility index (Phi) is 20.3. The van der Waals surface area contributed by atoms with Crippen molar-refractivity contribution in [2.24, 2.45) is 5.41 Å². The number of nitrogens with two attached hydrogens (primary N) is 1. The van der Waals surface area contributed by atoms with Crippen molar-refractivity contribution in [2.45, 2.75) is 122 Å². The van der Waals surface area contributed by atoms with Crippen molar-refractivity contribution in [1.29, 1.82) is 0 Å². The zero-order valence-corrected chi connectivity index (χ0v) is 52.5. The van der Waals surface area contributed by atoms with Gasteiger partial charge in [0.25, 0.3) is 20.2 Å². The van der Waals surface area contributed by atoms with Gasteiger partial charge in [-0.05, 0) is 82.9 Å². The molecular formula is C54H70N6O21P3S2+. The standard InChI is InChI=1S/C54H69N6O21P3S2/c1-9-60-42-29-44-39(28-38(42)34(2)31-53(60,6)7)35(26-47(78-44)52(3,4)5)16-11-10-12-18-46-54(8,40-27-37(86(74,75)76)20-21-41(40)58(46)24-15-25-85(71,72)73)22-13-19-48(62)56-23-14-17-36-32-59(51(63)57-50(36)55)49-30-43(61)45(79-49)33-77-83(67,68)81-84(69,70)80-82(64,65)66/h10-12,16,18,20-21,26-29,31-32,43,45,49,61H,9,13,15,19,22-25,30,33H2,1-8H3,(H8-,55,56,57,62,63,64,65,66,67,68,69,70,71,72,73,74,75,76)/p+1/t43-,45+,49+,54?/m0/s1. The number of benzene rings is 2. The Labute approximate surface area is 497 Å². The summed E-state index contributed by atoms with van der Waals surface area (Å²) >= 11 is 0. The molecule has 1 amide bonds. The van der Waals surface area contributed by atoms with E-state index in [2.05, 4.69) is 107 Å². The Morgan fingerprint density at radius 2 is 1.71 bits per heavy atom. The molecule has 1 saturated heterocycles. The highest BCUT2D eigenvalue weighted by Gasteiger charge is 2.48. The van der Waals surface area contributed by atoms with Crippen LogP contribution in [-0.4, -0.2) is 126 Å². The summed E-state index contributed by atoms with van der Waals surface area (Å²) in [4.78, 5) is 68.7. The number of rotatable bonds is 22. The second-order valence-corrected chi connectivity index (χ2v) is 29.9. The van der Waals surface area contributed by atoms with Crippen molar-refractivity contribution in [3.05, 3.63) is 118 Å². The van der Waals surface area contributed by atoms with E-state index < -0.39 is 91.5 Å². The summed E-state index contributed by atoms with van der Waals surface area (Å²) in [6, 6.07) is 8.35. The van der Waals surface area contributed by atoms with Crippen LogP contribution in [0.2, 0.25) is 0 Å². The van der Waals surface area contributed by atoms with Crippen molar-refractivity contribution in [2.75, 3.05) is 42.6 Å². The Hall–Kier alpha value is -5.73. The maximum atomic E-state index is 13.4. The van der Waals surface area contributed by atoms with Crippen LogP contribution in [0.15, 0.2) is 94.5 Å². The number of aliphatic hydroxyl groups is 1. The van der Waals surface area contributed by atoms with E-state index in [1.54, 1.807) is 6.08 Å². The lowest BCUT2D eigenvalue weighted by Gasteiger charge is -2.43. The first-order valence-electron chi connectivity index (χ1n) is 26.8. The molecule has 86 heavy (non-hydrogen) atoms. The third-order valence-corrected chi connectivity index (χ3v) is 19.9. The summed E-state index contributed by atoms with van der Waals surface area (Å²) in [5.74, 6) is 5.58. The van der Waals surface area contributed by atoms with E-state index in [1.165, 1.54) is 18.2 Å². The number of fused-ring (bicyclic) bond motifs is 3. The minimum Gasteiger partial charge on any atom is -0.460 e. The second kappa shape index (κ2) is 25.8. The number of allylic oxidation sites excluding steroid dienone is 9. The van der Waals surface area contributed by atoms with Crippen molar-refractivity contribution in [1.82, 2.24) is 14.9 Å². The predicted octanol–water partition coefficient (Wildman–Crippen LogP) is 6.58. The molecule has 3 unspecified atom stereocenters. The zero-order chi connectivity index (χ0) is 63.8. The number of aliphatic hydroxyl groups excluding tert-OH is 1. The molecule has 0 bridgehead atoms. The highest BCUT2D eigenvalue weighted by atomic mass is 32.2. The van der Waals surface area contributed by atoms with Crippen LogP contribution in [0, 0.1) is 17.3 Å². The first-order chi connectivity index (χ1) is 39.7. The lowest BCUT2D eigenvalue weighted by Crippen LogP contribution is -2.45. The molecule has 32 heteroatoms. The average molecular weight is 1300 g/mol. The maximum Gasteiger partial charge on any atom is 0.490 e. The summed E-state index contributed by atoms with van der Waals surface area (Å²) in [5.41, 5.74) is 10.1. The van der Waals surface area contributed by atoms with Crippen molar-refractivity contribution < 1.29 is 96.3 Å². The van der Waals surface area contributed by atoms with Crippen LogP contribution in [0.5, 0.6) is 5.75 Å². The van der Waals surface area contributed by atoms with E-state index in [0.29, 0.717) is 17.0 Å². The van der Waals surface area contributed by atoms with Gasteiger partial charge in [-0.15, -0.1) is 0 Å². The number of nitrogens with zero attached hydrogens (tertiary/aromatic N) is 4. The van der Waals surface area contributed by atoms with Crippen LogP contribution in [0.3, 0.4) is 0 Å². The van der Waals surface area contributed by atoms with Crippen molar-refractivity contribution in [3.63, 3.8) is 0 Å². The van der Waals surface area contributed by atoms with Gasteiger partial charge in [0.1, 0.15) is 36.2 Å². The fourth-order valence-electron chi connectivity index (χ4n) is 10.6. The number of anilines is 2. The van der Waals surface area contributed by atoms with Crippen LogP contribution < -0.4 is 26.4 Å². The number of phosphoric ester groups is 1. The van der Waals surface area contributed by atoms with Gasteiger partial charge in [0.15, 0.2) is 5.71 Å². The fraction of sp³-hybridized carbons (Fsp3) is 0.444. The number of carbonyl (C=O) groups excluding carboxylic acids is 1. The topological polar surface area (TPSA) is 404 Å². The number of nitrogens with one attached hydrogen (secondary N) is 1. The van der Waals surface area contributed by atoms with Gasteiger partial charge < -0.3 is 50.1 Å². The van der Waals surface area contributed by atoms with Gasteiger partial charge in [-0.25, -0.2) is 18.5 Å². The summed E-state index contributed by atoms with van der Waals surface area (Å²) < 4.78 is 130. The molecule has 5 heterocycles. The van der Waals surface area contributed by atoms with Gasteiger partial charge >= 0.3 is 29.2 Å². The summed E-state index contributed by atoms with van der Waals surface area (Å²) in [6.45, 7) is 16.3. The molecule has 4 aliphatic rings. The molecule has 7 rings (SSSR count). The molecular weight excluding hydrogens is 1230 g/mol. The number of aromatic nitrogens is 2. The molecule has 4 aliphatic heterocycles. The molecule has 468 valence electrons. The van der Waals surface area contributed by atoms with Crippen LogP contribution in [0.1, 0.15) is 116 Å². The van der Waals surface area contributed by atoms with Gasteiger partial charge in [0, 0.05) is 78.0 Å². The summed E-state index contributed by atoms with van der Waals surface area (Å²) in [7, 11) is -26.1. The van der Waals surface area contributed by atoms with E-state index >= 15 is 0 Å². The van der Waals surface area contributed by atoms with Gasteiger partial charge in [-0.3, -0.25) is 23.0 Å². The largest absolute Gasteiger partial charge is 0.490 e. The Morgan fingerprint density at radius 3 is 2.36 bits per heavy atom. The predicted molar refractivity (Wildman–Crippen MR) is 317 cm³/mol. The number of amides is 1. The Balaban J connectivity index is 1.08. The Bertz CT molecular complexity index is 3910. The quantitative estimate of drug-likeness (QED) is 0.0169. The maximum absolute atomic E-state index is 13.4. The van der Waals surface area contributed by atoms with Gasteiger partial charge in [-0.2, -0.15) is 35.0 Å². The number of likely N-dealkylation sites (N-methyl/N-ethyl adjacent to an activating group) is 1. The Morgan fingerprint density at radius 1 is 1.00 bits per heavy atom. The number of phosphoric acid groups is 3.